The molecular weight excluding hydrogens is 286 g/mol. The molecule has 134 valence electrons. The number of hydrogen-bond donors (Lipinski definition) is 1. The van der Waals surface area contributed by atoms with Gasteiger partial charge in [0.1, 0.15) is 0 Å². The zero-order valence-corrected chi connectivity index (χ0v) is 14.6. The van der Waals surface area contributed by atoms with Crippen molar-refractivity contribution >= 4 is 0 Å². The second-order valence-electron chi connectivity index (χ2n) is 5.35. The minimum absolute atomic E-state index is 0.588. The quantitative estimate of drug-likeness (QED) is 0.384. The van der Waals surface area contributed by atoms with Crippen molar-refractivity contribution in [1.82, 2.24) is 5.32 Å². The topological polar surface area (TPSA) is 58.2 Å². The van der Waals surface area contributed by atoms with Crippen molar-refractivity contribution in [2.75, 3.05) is 79.7 Å². The van der Waals surface area contributed by atoms with Crippen molar-refractivity contribution in [1.29, 1.82) is 0 Å². The maximum atomic E-state index is 5.45. The van der Waals surface area contributed by atoms with E-state index in [1.165, 1.54) is 0 Å². The van der Waals surface area contributed by atoms with Gasteiger partial charge in [-0.25, -0.2) is 0 Å². The van der Waals surface area contributed by atoms with Crippen molar-refractivity contribution in [3.63, 3.8) is 0 Å². The molecule has 0 saturated heterocycles. The van der Waals surface area contributed by atoms with Crippen LogP contribution in [0.5, 0.6) is 0 Å². The summed E-state index contributed by atoms with van der Waals surface area (Å²) in [4.78, 5) is 0. The van der Waals surface area contributed by atoms with Gasteiger partial charge in [0.15, 0.2) is 0 Å². The highest BCUT2D eigenvalue weighted by molar-refractivity contribution is 4.42. The molecule has 0 bridgehead atoms. The highest BCUT2D eigenvalue weighted by Crippen LogP contribution is 1.98. The molecule has 0 unspecified atom stereocenters. The molecule has 22 heavy (non-hydrogen) atoms. The molecule has 0 spiro atoms. The van der Waals surface area contributed by atoms with Crippen LogP contribution in [-0.2, 0) is 23.7 Å². The first-order valence-electron chi connectivity index (χ1n) is 8.30. The first kappa shape index (κ1) is 21.8. The summed E-state index contributed by atoms with van der Waals surface area (Å²) in [5, 5.41) is 3.02. The molecule has 6 heteroatoms. The molecule has 0 amide bonds. The molecule has 6 nitrogen and oxygen atoms in total. The Labute approximate surface area is 135 Å². The van der Waals surface area contributed by atoms with Gasteiger partial charge in [0.2, 0.25) is 0 Å². The maximum Gasteiger partial charge on any atom is 0.0701 e. The van der Waals surface area contributed by atoms with E-state index in [0.29, 0.717) is 58.8 Å². The van der Waals surface area contributed by atoms with E-state index in [1.807, 2.05) is 7.05 Å². The Bertz CT molecular complexity index is 205. The number of likely N-dealkylation sites (N-methyl/N-ethyl adjacent to an activating group) is 1. The van der Waals surface area contributed by atoms with Gasteiger partial charge in [-0.1, -0.05) is 13.8 Å². The average Bonchev–Trinajstić information content (AvgIpc) is 2.50. The number of rotatable bonds is 18. The van der Waals surface area contributed by atoms with E-state index in [-0.39, 0.29) is 0 Å². The van der Waals surface area contributed by atoms with Gasteiger partial charge in [0, 0.05) is 13.2 Å². The van der Waals surface area contributed by atoms with E-state index in [4.69, 9.17) is 23.7 Å². The molecule has 0 aliphatic carbocycles. The van der Waals surface area contributed by atoms with Crippen LogP contribution in [0.1, 0.15) is 20.3 Å². The summed E-state index contributed by atoms with van der Waals surface area (Å²) >= 11 is 0. The smallest absolute Gasteiger partial charge is 0.0701 e. The molecular formula is C16H35NO5. The van der Waals surface area contributed by atoms with Gasteiger partial charge in [0.25, 0.3) is 0 Å². The van der Waals surface area contributed by atoms with Gasteiger partial charge in [-0.3, -0.25) is 0 Å². The van der Waals surface area contributed by atoms with Crippen molar-refractivity contribution in [2.24, 2.45) is 5.92 Å². The molecule has 0 saturated carbocycles. The van der Waals surface area contributed by atoms with Crippen LogP contribution in [0.3, 0.4) is 0 Å². The molecule has 0 atom stereocenters. The van der Waals surface area contributed by atoms with E-state index in [0.717, 1.165) is 26.2 Å². The van der Waals surface area contributed by atoms with Gasteiger partial charge < -0.3 is 29.0 Å². The zero-order chi connectivity index (χ0) is 16.3. The Morgan fingerprint density at radius 2 is 0.955 bits per heavy atom. The van der Waals surface area contributed by atoms with E-state index in [1.54, 1.807) is 0 Å². The second kappa shape index (κ2) is 18.8. The van der Waals surface area contributed by atoms with Crippen LogP contribution in [-0.4, -0.2) is 79.7 Å². The summed E-state index contributed by atoms with van der Waals surface area (Å²) in [5.74, 6) is 0.691. The lowest BCUT2D eigenvalue weighted by Crippen LogP contribution is -2.17. The van der Waals surface area contributed by atoms with Crippen LogP contribution < -0.4 is 5.32 Å². The first-order valence-corrected chi connectivity index (χ1v) is 8.30. The molecule has 1 N–H and O–H groups in total. The number of hydrogen-bond acceptors (Lipinski definition) is 6. The van der Waals surface area contributed by atoms with E-state index in [9.17, 15) is 0 Å². The van der Waals surface area contributed by atoms with Gasteiger partial charge in [-0.2, -0.15) is 0 Å². The normalized spacial score (nSPS) is 11.5. The lowest BCUT2D eigenvalue weighted by atomic mass is 10.1. The fourth-order valence-electron chi connectivity index (χ4n) is 1.47. The minimum Gasteiger partial charge on any atom is -0.379 e. The second-order valence-corrected chi connectivity index (χ2v) is 5.35. The Morgan fingerprint density at radius 1 is 0.591 bits per heavy atom. The van der Waals surface area contributed by atoms with Gasteiger partial charge in [-0.15, -0.1) is 0 Å². The summed E-state index contributed by atoms with van der Waals surface area (Å²) < 4.78 is 27.0. The summed E-state index contributed by atoms with van der Waals surface area (Å²) in [6.07, 6.45) is 1.10. The third kappa shape index (κ3) is 19.8. The van der Waals surface area contributed by atoms with Gasteiger partial charge in [-0.05, 0) is 19.4 Å². The Morgan fingerprint density at radius 3 is 1.32 bits per heavy atom. The lowest BCUT2D eigenvalue weighted by Gasteiger charge is -2.08. The van der Waals surface area contributed by atoms with E-state index < -0.39 is 0 Å². The highest BCUT2D eigenvalue weighted by Gasteiger charge is 1.95. The SMILES string of the molecule is CNCCOCCOCCOCCOCCOCCC(C)C. The standard InChI is InChI=1S/C16H35NO5/c1-16(2)4-6-18-8-10-20-12-14-22-15-13-21-11-9-19-7-5-17-3/h16-17H,4-15H2,1-3H3. The Kier molecular flexibility index (Phi) is 18.6. The monoisotopic (exact) mass is 321 g/mol. The highest BCUT2D eigenvalue weighted by atomic mass is 16.6. The summed E-state index contributed by atoms with van der Waals surface area (Å²) in [7, 11) is 1.90. The third-order valence-electron chi connectivity index (χ3n) is 2.82. The van der Waals surface area contributed by atoms with Crippen LogP contribution in [0, 0.1) is 5.92 Å². The minimum atomic E-state index is 0.588. The molecule has 0 aromatic rings. The number of nitrogens with one attached hydrogen (secondary N) is 1. The van der Waals surface area contributed by atoms with Crippen LogP contribution in [0.25, 0.3) is 0 Å². The fourth-order valence-corrected chi connectivity index (χ4v) is 1.47. The van der Waals surface area contributed by atoms with E-state index >= 15 is 0 Å². The largest absolute Gasteiger partial charge is 0.379 e. The number of ether oxygens (including phenoxy) is 5. The molecule has 0 aliphatic heterocycles. The van der Waals surface area contributed by atoms with Crippen molar-refractivity contribution in [3.8, 4) is 0 Å². The van der Waals surface area contributed by atoms with Crippen molar-refractivity contribution in [2.45, 2.75) is 20.3 Å². The van der Waals surface area contributed by atoms with Crippen LogP contribution >= 0.6 is 0 Å². The van der Waals surface area contributed by atoms with E-state index in [2.05, 4.69) is 19.2 Å². The van der Waals surface area contributed by atoms with Crippen LogP contribution in [0.2, 0.25) is 0 Å². The van der Waals surface area contributed by atoms with Crippen molar-refractivity contribution in [3.05, 3.63) is 0 Å². The molecule has 0 aromatic heterocycles. The fraction of sp³-hybridized carbons (Fsp3) is 1.00. The van der Waals surface area contributed by atoms with Gasteiger partial charge in [0.05, 0.1) is 59.5 Å². The Hall–Kier alpha value is -0.240. The molecule has 0 aromatic carbocycles. The van der Waals surface area contributed by atoms with Gasteiger partial charge >= 0.3 is 0 Å². The first-order chi connectivity index (χ1) is 10.8. The molecule has 0 fully saturated rings. The summed E-state index contributed by atoms with van der Waals surface area (Å²) in [6.45, 7) is 11.7. The summed E-state index contributed by atoms with van der Waals surface area (Å²) in [6, 6.07) is 0. The zero-order valence-electron chi connectivity index (χ0n) is 14.6. The average molecular weight is 321 g/mol. The predicted molar refractivity (Wildman–Crippen MR) is 87.5 cm³/mol. The summed E-state index contributed by atoms with van der Waals surface area (Å²) in [5.41, 5.74) is 0. The van der Waals surface area contributed by atoms with Crippen LogP contribution in [0.4, 0.5) is 0 Å². The molecule has 0 heterocycles. The van der Waals surface area contributed by atoms with Crippen molar-refractivity contribution < 1.29 is 23.7 Å². The van der Waals surface area contributed by atoms with Crippen LogP contribution in [0.15, 0.2) is 0 Å². The molecule has 0 rings (SSSR count). The third-order valence-corrected chi connectivity index (χ3v) is 2.82. The molecule has 0 radical (unpaired) electrons. The Balaban J connectivity index is 2.94. The predicted octanol–water partition coefficient (Wildman–Crippen LogP) is 1.33. The molecule has 0 aliphatic rings. The lowest BCUT2D eigenvalue weighted by molar-refractivity contribution is -0.0113. The maximum absolute atomic E-state index is 5.45.